The minimum absolute atomic E-state index is 0.0639. The normalized spacial score (nSPS) is 14.1. The van der Waals surface area contributed by atoms with Gasteiger partial charge in [-0.05, 0) is 24.4 Å². The molecule has 9 heteroatoms. The lowest BCUT2D eigenvalue weighted by atomic mass is 10.4. The molecule has 0 saturated heterocycles. The number of nitrogens with zero attached hydrogens (tertiary/aromatic N) is 3. The van der Waals surface area contributed by atoms with Crippen molar-refractivity contribution in [1.82, 2.24) is 15.3 Å². The second-order valence-electron chi connectivity index (χ2n) is 3.83. The van der Waals surface area contributed by atoms with Crippen molar-refractivity contribution < 1.29 is 9.72 Å². The van der Waals surface area contributed by atoms with Gasteiger partial charge in [0.2, 0.25) is 17.0 Å². The quantitative estimate of drug-likeness (QED) is 0.464. The van der Waals surface area contributed by atoms with Gasteiger partial charge < -0.3 is 10.6 Å². The van der Waals surface area contributed by atoms with Gasteiger partial charge in [0.05, 0.1) is 11.5 Å². The van der Waals surface area contributed by atoms with E-state index in [1.807, 2.05) is 0 Å². The second kappa shape index (κ2) is 5.13. The largest absolute Gasteiger partial charge is 0.355 e. The Hall–Kier alpha value is -1.96. The first-order valence-electron chi connectivity index (χ1n) is 5.26. The first-order chi connectivity index (χ1) is 8.56. The fourth-order valence-electron chi connectivity index (χ4n) is 1.29. The summed E-state index contributed by atoms with van der Waals surface area (Å²) in [6.45, 7) is -0.0926. The topological polar surface area (TPSA) is 110 Å². The van der Waals surface area contributed by atoms with Crippen LogP contribution in [0.1, 0.15) is 12.8 Å². The molecule has 0 atom stereocenters. The number of anilines is 1. The van der Waals surface area contributed by atoms with Crippen molar-refractivity contribution >= 4 is 29.0 Å². The molecule has 1 fully saturated rings. The van der Waals surface area contributed by atoms with Crippen LogP contribution in [-0.4, -0.2) is 33.4 Å². The number of rotatable bonds is 5. The summed E-state index contributed by atoms with van der Waals surface area (Å²) in [4.78, 5) is 28.7. The lowest BCUT2D eigenvalue weighted by Crippen LogP contribution is -2.31. The number of hydrogen-bond acceptors (Lipinski definition) is 6. The number of nitro groups is 1. The zero-order chi connectivity index (χ0) is 13.1. The number of nitrogens with one attached hydrogen (secondary N) is 2. The first kappa shape index (κ1) is 12.5. The van der Waals surface area contributed by atoms with Crippen molar-refractivity contribution in [2.75, 3.05) is 11.9 Å². The van der Waals surface area contributed by atoms with E-state index in [9.17, 15) is 14.9 Å². The zero-order valence-corrected chi connectivity index (χ0v) is 9.98. The van der Waals surface area contributed by atoms with Gasteiger partial charge in [0, 0.05) is 6.04 Å². The highest BCUT2D eigenvalue weighted by atomic mass is 35.5. The molecule has 1 aromatic rings. The lowest BCUT2D eigenvalue weighted by molar-refractivity contribution is -0.384. The molecule has 8 nitrogen and oxygen atoms in total. The Labute approximate surface area is 107 Å². The summed E-state index contributed by atoms with van der Waals surface area (Å²) in [6.07, 6.45) is 2.95. The van der Waals surface area contributed by atoms with Gasteiger partial charge in [0.1, 0.15) is 6.20 Å². The van der Waals surface area contributed by atoms with E-state index in [0.717, 1.165) is 19.0 Å². The van der Waals surface area contributed by atoms with Crippen LogP contribution >= 0.6 is 11.6 Å². The Morgan fingerprint density at radius 1 is 1.61 bits per heavy atom. The molecular weight excluding hydrogens is 262 g/mol. The third-order valence-corrected chi connectivity index (χ3v) is 2.48. The SMILES string of the molecule is O=C(CNc1nc(Cl)ncc1[N+](=O)[O-])NC1CC1. The molecule has 96 valence electrons. The standard InChI is InChI=1S/C9H10ClN5O3/c10-9-12-3-6(15(17)18)8(14-9)11-4-7(16)13-5-1-2-5/h3,5H,1-2,4H2,(H,13,16)(H,11,12,14). The molecule has 18 heavy (non-hydrogen) atoms. The van der Waals surface area contributed by atoms with Gasteiger partial charge in [0.25, 0.3) is 0 Å². The van der Waals surface area contributed by atoms with E-state index in [4.69, 9.17) is 11.6 Å². The van der Waals surface area contributed by atoms with Crippen LogP contribution in [0.3, 0.4) is 0 Å². The maximum absolute atomic E-state index is 11.4. The van der Waals surface area contributed by atoms with Crippen molar-refractivity contribution in [3.05, 3.63) is 21.6 Å². The highest BCUT2D eigenvalue weighted by Gasteiger charge is 2.23. The first-order valence-corrected chi connectivity index (χ1v) is 5.64. The Balaban J connectivity index is 2.00. The van der Waals surface area contributed by atoms with Crippen molar-refractivity contribution in [3.8, 4) is 0 Å². The molecule has 0 spiro atoms. The molecule has 0 radical (unpaired) electrons. The molecule has 0 aliphatic heterocycles. The molecule has 2 rings (SSSR count). The average molecular weight is 272 g/mol. The van der Waals surface area contributed by atoms with Crippen molar-refractivity contribution in [2.45, 2.75) is 18.9 Å². The van der Waals surface area contributed by atoms with E-state index < -0.39 is 4.92 Å². The number of carbonyl (C=O) groups is 1. The Kier molecular flexibility index (Phi) is 3.56. The summed E-state index contributed by atoms with van der Waals surface area (Å²) in [6, 6.07) is 0.239. The van der Waals surface area contributed by atoms with Crippen LogP contribution < -0.4 is 10.6 Å². The molecule has 1 amide bonds. The minimum atomic E-state index is -0.641. The maximum Gasteiger partial charge on any atom is 0.329 e. The van der Waals surface area contributed by atoms with Gasteiger partial charge >= 0.3 is 5.69 Å². The highest BCUT2D eigenvalue weighted by molar-refractivity contribution is 6.28. The number of halogens is 1. The molecule has 1 heterocycles. The van der Waals surface area contributed by atoms with Crippen LogP contribution in [0.5, 0.6) is 0 Å². The number of carbonyl (C=O) groups excluding carboxylic acids is 1. The molecule has 1 saturated carbocycles. The maximum atomic E-state index is 11.4. The third-order valence-electron chi connectivity index (χ3n) is 2.30. The van der Waals surface area contributed by atoms with E-state index in [2.05, 4.69) is 20.6 Å². The van der Waals surface area contributed by atoms with Crippen LogP contribution in [0.25, 0.3) is 0 Å². The molecule has 0 aromatic carbocycles. The van der Waals surface area contributed by atoms with Crippen molar-refractivity contribution in [1.29, 1.82) is 0 Å². The van der Waals surface area contributed by atoms with Gasteiger partial charge in [-0.15, -0.1) is 0 Å². The van der Waals surface area contributed by atoms with Crippen molar-refractivity contribution in [3.63, 3.8) is 0 Å². The van der Waals surface area contributed by atoms with E-state index in [0.29, 0.717) is 0 Å². The van der Waals surface area contributed by atoms with Crippen molar-refractivity contribution in [2.24, 2.45) is 0 Å². The summed E-state index contributed by atoms with van der Waals surface area (Å²) in [5.41, 5.74) is -0.321. The molecule has 0 unspecified atom stereocenters. The lowest BCUT2D eigenvalue weighted by Gasteiger charge is -2.06. The van der Waals surface area contributed by atoms with Crippen LogP contribution in [0.4, 0.5) is 11.5 Å². The Bertz CT molecular complexity index is 491. The predicted octanol–water partition coefficient (Wildman–Crippen LogP) is 0.729. The van der Waals surface area contributed by atoms with E-state index >= 15 is 0 Å². The van der Waals surface area contributed by atoms with Gasteiger partial charge in [-0.3, -0.25) is 14.9 Å². The monoisotopic (exact) mass is 271 g/mol. The van der Waals surface area contributed by atoms with Crippen LogP contribution in [-0.2, 0) is 4.79 Å². The van der Waals surface area contributed by atoms with Crippen LogP contribution in [0.15, 0.2) is 6.20 Å². The second-order valence-corrected chi connectivity index (χ2v) is 4.16. The summed E-state index contributed by atoms with van der Waals surface area (Å²) >= 11 is 5.55. The summed E-state index contributed by atoms with van der Waals surface area (Å²) in [7, 11) is 0. The molecule has 2 N–H and O–H groups in total. The average Bonchev–Trinajstić information content (AvgIpc) is 3.10. The molecule has 1 aromatic heterocycles. The van der Waals surface area contributed by atoms with E-state index in [1.165, 1.54) is 0 Å². The smallest absolute Gasteiger partial charge is 0.329 e. The summed E-state index contributed by atoms with van der Waals surface area (Å²) < 4.78 is 0. The van der Waals surface area contributed by atoms with Crippen LogP contribution in [0, 0.1) is 10.1 Å². The molecule has 1 aliphatic rings. The van der Waals surface area contributed by atoms with E-state index in [1.54, 1.807) is 0 Å². The number of hydrogen-bond donors (Lipinski definition) is 2. The van der Waals surface area contributed by atoms with Crippen LogP contribution in [0.2, 0.25) is 5.28 Å². The predicted molar refractivity (Wildman–Crippen MR) is 63.4 cm³/mol. The highest BCUT2D eigenvalue weighted by Crippen LogP contribution is 2.22. The number of amides is 1. The van der Waals surface area contributed by atoms with Gasteiger partial charge in [-0.1, -0.05) is 0 Å². The van der Waals surface area contributed by atoms with E-state index in [-0.39, 0.29) is 35.3 Å². The molecule has 1 aliphatic carbocycles. The summed E-state index contributed by atoms with van der Waals surface area (Å²) in [5.74, 6) is -0.299. The number of aromatic nitrogens is 2. The van der Waals surface area contributed by atoms with Gasteiger partial charge in [0.15, 0.2) is 0 Å². The molecular formula is C9H10ClN5O3. The van der Waals surface area contributed by atoms with Gasteiger partial charge in [-0.25, -0.2) is 4.98 Å². The Morgan fingerprint density at radius 2 is 2.33 bits per heavy atom. The minimum Gasteiger partial charge on any atom is -0.355 e. The fraction of sp³-hybridized carbons (Fsp3) is 0.444. The summed E-state index contributed by atoms with van der Waals surface area (Å²) in [5, 5.41) is 15.9. The van der Waals surface area contributed by atoms with Gasteiger partial charge in [-0.2, -0.15) is 4.98 Å². The Morgan fingerprint density at radius 3 is 2.94 bits per heavy atom. The zero-order valence-electron chi connectivity index (χ0n) is 9.22. The third kappa shape index (κ3) is 3.27. The fourth-order valence-corrected chi connectivity index (χ4v) is 1.42. The molecule has 0 bridgehead atoms.